The van der Waals surface area contributed by atoms with Crippen LogP contribution in [0.4, 0.5) is 4.79 Å². The van der Waals surface area contributed by atoms with Crippen molar-refractivity contribution < 1.29 is 24.2 Å². The first-order chi connectivity index (χ1) is 16.1. The third-order valence-corrected chi connectivity index (χ3v) is 7.75. The lowest BCUT2D eigenvalue weighted by Crippen LogP contribution is -2.45. The molecule has 1 aromatic rings. The van der Waals surface area contributed by atoms with Crippen molar-refractivity contribution in [1.82, 2.24) is 9.80 Å². The van der Waals surface area contributed by atoms with Gasteiger partial charge in [-0.1, -0.05) is 12.1 Å². The summed E-state index contributed by atoms with van der Waals surface area (Å²) in [5, 5.41) is 9.15. The number of aliphatic hydroxyl groups excluding tert-OH is 1. The fourth-order valence-electron chi connectivity index (χ4n) is 5.83. The van der Waals surface area contributed by atoms with Crippen LogP contribution < -0.4 is 0 Å². The predicted molar refractivity (Wildman–Crippen MR) is 128 cm³/mol. The summed E-state index contributed by atoms with van der Waals surface area (Å²) in [6.07, 6.45) is 6.20. The molecule has 1 N–H and O–H groups in total. The maximum atomic E-state index is 13.5. The van der Waals surface area contributed by atoms with Gasteiger partial charge in [0.05, 0.1) is 0 Å². The van der Waals surface area contributed by atoms with Crippen LogP contribution in [0.2, 0.25) is 0 Å². The topological polar surface area (TPSA) is 87.2 Å². The summed E-state index contributed by atoms with van der Waals surface area (Å²) in [6.45, 7) is 7.88. The van der Waals surface area contributed by atoms with Gasteiger partial charge in [-0.3, -0.25) is 9.59 Å². The van der Waals surface area contributed by atoms with Crippen LogP contribution in [-0.4, -0.2) is 64.5 Å². The largest absolute Gasteiger partial charge is 0.444 e. The van der Waals surface area contributed by atoms with E-state index in [1.807, 2.05) is 42.7 Å². The highest BCUT2D eigenvalue weighted by molar-refractivity contribution is 5.97. The normalized spacial score (nSPS) is 22.3. The maximum Gasteiger partial charge on any atom is 0.410 e. The van der Waals surface area contributed by atoms with Crippen LogP contribution in [-0.2, 0) is 22.5 Å². The minimum Gasteiger partial charge on any atom is -0.444 e. The third-order valence-electron chi connectivity index (χ3n) is 7.75. The summed E-state index contributed by atoms with van der Waals surface area (Å²) in [4.78, 5) is 41.6. The summed E-state index contributed by atoms with van der Waals surface area (Å²) >= 11 is 0. The van der Waals surface area contributed by atoms with Gasteiger partial charge in [-0.15, -0.1) is 0 Å². The number of amides is 2. The average Bonchev–Trinajstić information content (AvgIpc) is 3.08. The molecular weight excluding hydrogens is 432 g/mol. The van der Waals surface area contributed by atoms with E-state index in [4.69, 9.17) is 9.84 Å². The molecule has 0 bridgehead atoms. The molecule has 0 radical (unpaired) electrons. The average molecular weight is 471 g/mol. The molecule has 1 spiro atoms. The molecule has 2 fully saturated rings. The van der Waals surface area contributed by atoms with Crippen LogP contribution in [0, 0.1) is 11.3 Å². The number of carbonyl (C=O) groups excluding carboxylic acids is 3. The Morgan fingerprint density at radius 3 is 2.47 bits per heavy atom. The third kappa shape index (κ3) is 5.45. The summed E-state index contributed by atoms with van der Waals surface area (Å²) in [5.41, 5.74) is 2.41. The standard InChI is InChI=1S/C27H38N2O5/c1-26(2,3)34-25(33)28-13-10-27(11-14-28)9-8-21(16-27)24(32)29-12-4-5-19-15-20(23(31)18-30)6-7-22(19)17-29/h6-7,15,21,30H,4-5,8-14,16-18H2,1-3H3. The summed E-state index contributed by atoms with van der Waals surface area (Å²) < 4.78 is 5.53. The van der Waals surface area contributed by atoms with Gasteiger partial charge in [0.1, 0.15) is 12.2 Å². The van der Waals surface area contributed by atoms with Gasteiger partial charge in [0.15, 0.2) is 5.78 Å². The first-order valence-corrected chi connectivity index (χ1v) is 12.6. The maximum absolute atomic E-state index is 13.5. The molecule has 1 unspecified atom stereocenters. The molecular formula is C27H38N2O5. The zero-order valence-corrected chi connectivity index (χ0v) is 20.8. The molecule has 2 heterocycles. The number of Topliss-reactive ketones (excluding diaryl/α,β-unsaturated/α-hetero) is 1. The van der Waals surface area contributed by atoms with Crippen molar-refractivity contribution >= 4 is 17.8 Å². The number of fused-ring (bicyclic) bond motifs is 1. The quantitative estimate of drug-likeness (QED) is 0.676. The molecule has 1 atom stereocenters. The molecule has 1 aromatic carbocycles. The molecule has 0 aromatic heterocycles. The summed E-state index contributed by atoms with van der Waals surface area (Å²) in [6, 6.07) is 5.58. The number of ketones is 1. The summed E-state index contributed by atoms with van der Waals surface area (Å²) in [7, 11) is 0. The number of hydrogen-bond donors (Lipinski definition) is 1. The van der Waals surface area contributed by atoms with Crippen molar-refractivity contribution in [2.75, 3.05) is 26.2 Å². The molecule has 7 heteroatoms. The van der Waals surface area contributed by atoms with E-state index >= 15 is 0 Å². The molecule has 4 rings (SSSR count). The first-order valence-electron chi connectivity index (χ1n) is 12.6. The second kappa shape index (κ2) is 9.68. The summed E-state index contributed by atoms with van der Waals surface area (Å²) in [5.74, 6) is 0.0219. The van der Waals surface area contributed by atoms with Gasteiger partial charge in [0.25, 0.3) is 0 Å². The van der Waals surface area contributed by atoms with Crippen molar-refractivity contribution in [3.63, 3.8) is 0 Å². The monoisotopic (exact) mass is 470 g/mol. The zero-order chi connectivity index (χ0) is 24.5. The Morgan fingerprint density at radius 1 is 1.06 bits per heavy atom. The van der Waals surface area contributed by atoms with Gasteiger partial charge in [0, 0.05) is 37.7 Å². The Hall–Kier alpha value is -2.41. The van der Waals surface area contributed by atoms with E-state index in [1.165, 1.54) is 0 Å². The minimum absolute atomic E-state index is 0.0462. The molecule has 7 nitrogen and oxygen atoms in total. The zero-order valence-electron chi connectivity index (χ0n) is 20.8. The molecule has 3 aliphatic rings. The highest BCUT2D eigenvalue weighted by Crippen LogP contribution is 2.49. The van der Waals surface area contributed by atoms with Crippen molar-refractivity contribution in [1.29, 1.82) is 0 Å². The van der Waals surface area contributed by atoms with E-state index in [1.54, 1.807) is 6.07 Å². The van der Waals surface area contributed by atoms with Gasteiger partial charge >= 0.3 is 6.09 Å². The number of rotatable bonds is 3. The lowest BCUT2D eigenvalue weighted by molar-refractivity contribution is -0.136. The Kier molecular flexibility index (Phi) is 7.04. The Morgan fingerprint density at radius 2 is 1.79 bits per heavy atom. The van der Waals surface area contributed by atoms with Crippen molar-refractivity contribution in [3.8, 4) is 0 Å². The van der Waals surface area contributed by atoms with E-state index in [0.29, 0.717) is 25.2 Å². The molecule has 186 valence electrons. The lowest BCUT2D eigenvalue weighted by atomic mass is 9.76. The molecule has 1 aliphatic carbocycles. The fraction of sp³-hybridized carbons (Fsp3) is 0.667. The highest BCUT2D eigenvalue weighted by atomic mass is 16.6. The predicted octanol–water partition coefficient (Wildman–Crippen LogP) is 3.95. The Bertz CT molecular complexity index is 943. The smallest absolute Gasteiger partial charge is 0.410 e. The molecule has 1 saturated heterocycles. The van der Waals surface area contributed by atoms with Crippen LogP contribution in [0.25, 0.3) is 0 Å². The number of hydrogen-bond acceptors (Lipinski definition) is 5. The van der Waals surface area contributed by atoms with E-state index < -0.39 is 12.2 Å². The molecule has 1 saturated carbocycles. The van der Waals surface area contributed by atoms with E-state index in [2.05, 4.69) is 0 Å². The Balaban J connectivity index is 1.35. The number of piperidine rings is 1. The second-order valence-electron chi connectivity index (χ2n) is 11.3. The van der Waals surface area contributed by atoms with Crippen LogP contribution in [0.3, 0.4) is 0 Å². The number of aliphatic hydroxyl groups is 1. The fourth-order valence-corrected chi connectivity index (χ4v) is 5.83. The van der Waals surface area contributed by atoms with Gasteiger partial charge in [0.2, 0.25) is 5.91 Å². The molecule has 2 amide bonds. The van der Waals surface area contributed by atoms with E-state index in [9.17, 15) is 14.4 Å². The number of ether oxygens (including phenoxy) is 1. The number of aryl methyl sites for hydroxylation is 1. The minimum atomic E-state index is -0.487. The SMILES string of the molecule is CC(C)(C)OC(=O)N1CCC2(CCC(C(=O)N3CCCc4cc(C(=O)CO)ccc4C3)C2)CC1. The number of benzene rings is 1. The van der Waals surface area contributed by atoms with E-state index in [-0.39, 0.29) is 29.1 Å². The van der Waals surface area contributed by atoms with Crippen LogP contribution >= 0.6 is 0 Å². The number of nitrogens with zero attached hydrogens (tertiary/aromatic N) is 2. The highest BCUT2D eigenvalue weighted by Gasteiger charge is 2.45. The van der Waals surface area contributed by atoms with Crippen LogP contribution in [0.5, 0.6) is 0 Å². The first kappa shape index (κ1) is 24.7. The lowest BCUT2D eigenvalue weighted by Gasteiger charge is -2.40. The van der Waals surface area contributed by atoms with Gasteiger partial charge in [-0.2, -0.15) is 0 Å². The van der Waals surface area contributed by atoms with Crippen LogP contribution in [0.1, 0.15) is 80.8 Å². The van der Waals surface area contributed by atoms with Crippen molar-refractivity contribution in [2.24, 2.45) is 11.3 Å². The number of carbonyl (C=O) groups is 3. The molecule has 2 aliphatic heterocycles. The number of likely N-dealkylation sites (tertiary alicyclic amines) is 1. The second-order valence-corrected chi connectivity index (χ2v) is 11.3. The molecule has 34 heavy (non-hydrogen) atoms. The van der Waals surface area contributed by atoms with Crippen molar-refractivity contribution in [2.45, 2.75) is 77.9 Å². The van der Waals surface area contributed by atoms with Gasteiger partial charge < -0.3 is 19.6 Å². The van der Waals surface area contributed by atoms with Crippen LogP contribution in [0.15, 0.2) is 18.2 Å². The Labute approximate surface area is 202 Å². The van der Waals surface area contributed by atoms with Gasteiger partial charge in [-0.25, -0.2) is 4.79 Å². The van der Waals surface area contributed by atoms with E-state index in [0.717, 1.165) is 62.6 Å². The van der Waals surface area contributed by atoms with Gasteiger partial charge in [-0.05, 0) is 88.3 Å². The van der Waals surface area contributed by atoms with Crippen molar-refractivity contribution in [3.05, 3.63) is 34.9 Å².